The number of anilines is 1. The van der Waals surface area contributed by atoms with Gasteiger partial charge < -0.3 is 19.7 Å². The number of hydrogen-bond acceptors (Lipinski definition) is 4. The highest BCUT2D eigenvalue weighted by molar-refractivity contribution is 6.31. The molecule has 2 heterocycles. The number of hydrogen-bond donors (Lipinski definition) is 1. The van der Waals surface area contributed by atoms with E-state index in [4.69, 9.17) is 21.1 Å². The number of nitrogens with zero attached hydrogens (tertiary/aromatic N) is 1. The van der Waals surface area contributed by atoms with E-state index in [1.165, 1.54) is 11.3 Å². The van der Waals surface area contributed by atoms with Crippen molar-refractivity contribution < 1.29 is 14.3 Å². The Morgan fingerprint density at radius 2 is 1.83 bits per heavy atom. The number of fused-ring (bicyclic) bond motifs is 3. The monoisotopic (exact) mass is 488 g/mol. The summed E-state index contributed by atoms with van der Waals surface area (Å²) in [6.07, 6.45) is 4.64. The summed E-state index contributed by atoms with van der Waals surface area (Å²) in [6.45, 7) is 5.40. The van der Waals surface area contributed by atoms with Crippen LogP contribution in [0, 0.1) is 0 Å². The van der Waals surface area contributed by atoms with Crippen LogP contribution in [0.2, 0.25) is 5.02 Å². The molecule has 2 aliphatic rings. The molecule has 1 unspecified atom stereocenters. The van der Waals surface area contributed by atoms with Crippen LogP contribution in [0.5, 0.6) is 11.5 Å². The fourth-order valence-electron chi connectivity index (χ4n) is 5.21. The summed E-state index contributed by atoms with van der Waals surface area (Å²) in [5.41, 5.74) is 3.29. The number of carbonyl (C=O) groups excluding carboxylic acids is 1. The molecule has 35 heavy (non-hydrogen) atoms. The highest BCUT2D eigenvalue weighted by atomic mass is 35.5. The van der Waals surface area contributed by atoms with Gasteiger partial charge in [-0.1, -0.05) is 74.0 Å². The Bertz CT molecular complexity index is 1300. The van der Waals surface area contributed by atoms with Gasteiger partial charge in [0.1, 0.15) is 12.3 Å². The number of methoxy groups -OCH3 is 1. The van der Waals surface area contributed by atoms with Gasteiger partial charge in [-0.05, 0) is 41.5 Å². The Morgan fingerprint density at radius 3 is 2.63 bits per heavy atom. The van der Waals surface area contributed by atoms with E-state index < -0.39 is 5.66 Å². The fraction of sp³-hybridized carbons (Fsp3) is 0.276. The Morgan fingerprint density at radius 1 is 1.06 bits per heavy atom. The quantitative estimate of drug-likeness (QED) is 0.465. The third-order valence-electron chi connectivity index (χ3n) is 7.18. The van der Waals surface area contributed by atoms with E-state index in [1.54, 1.807) is 7.11 Å². The van der Waals surface area contributed by atoms with Gasteiger partial charge in [0.2, 0.25) is 5.91 Å². The topological polar surface area (TPSA) is 50.8 Å². The number of carbonyl (C=O) groups is 1. The molecule has 0 radical (unpaired) electrons. The van der Waals surface area contributed by atoms with Crippen LogP contribution in [0.25, 0.3) is 6.08 Å². The second-order valence-electron chi connectivity index (χ2n) is 9.48. The van der Waals surface area contributed by atoms with Crippen molar-refractivity contribution in [3.05, 3.63) is 94.5 Å². The second kappa shape index (κ2) is 8.97. The molecule has 3 aromatic carbocycles. The number of ether oxygens (including phenoxy) is 2. The van der Waals surface area contributed by atoms with E-state index in [1.807, 2.05) is 48.5 Å². The average Bonchev–Trinajstić information content (AvgIpc) is 3.06. The van der Waals surface area contributed by atoms with Gasteiger partial charge in [0.05, 0.1) is 7.11 Å². The van der Waals surface area contributed by atoms with Crippen LogP contribution in [-0.2, 0) is 16.8 Å². The van der Waals surface area contributed by atoms with E-state index in [2.05, 4.69) is 54.4 Å². The summed E-state index contributed by atoms with van der Waals surface area (Å²) in [5, 5.41) is 3.99. The van der Waals surface area contributed by atoms with Crippen molar-refractivity contribution in [2.24, 2.45) is 0 Å². The van der Waals surface area contributed by atoms with Crippen molar-refractivity contribution >= 4 is 29.3 Å². The first kappa shape index (κ1) is 23.3. The third kappa shape index (κ3) is 3.94. The number of benzene rings is 3. The lowest BCUT2D eigenvalue weighted by Gasteiger charge is -2.49. The lowest BCUT2D eigenvalue weighted by molar-refractivity contribution is -0.124. The van der Waals surface area contributed by atoms with Crippen LogP contribution in [0.15, 0.2) is 72.8 Å². The largest absolute Gasteiger partial charge is 0.493 e. The van der Waals surface area contributed by atoms with Gasteiger partial charge in [-0.3, -0.25) is 4.79 Å². The van der Waals surface area contributed by atoms with Crippen molar-refractivity contribution in [1.29, 1.82) is 0 Å². The molecule has 0 spiro atoms. The molecule has 5 rings (SSSR count). The second-order valence-corrected chi connectivity index (χ2v) is 9.89. The lowest BCUT2D eigenvalue weighted by Crippen LogP contribution is -2.68. The molecule has 2 aliphatic heterocycles. The van der Waals surface area contributed by atoms with Gasteiger partial charge >= 0.3 is 0 Å². The van der Waals surface area contributed by atoms with Crippen molar-refractivity contribution in [2.75, 3.05) is 18.6 Å². The number of para-hydroxylation sites is 1. The lowest BCUT2D eigenvalue weighted by atomic mass is 9.74. The molecular weight excluding hydrogens is 460 g/mol. The van der Waals surface area contributed by atoms with Gasteiger partial charge in [0.15, 0.2) is 11.5 Å². The van der Waals surface area contributed by atoms with Crippen LogP contribution in [0.3, 0.4) is 0 Å². The molecular formula is C29H29ClN2O3. The van der Waals surface area contributed by atoms with Crippen LogP contribution in [-0.4, -0.2) is 25.2 Å². The van der Waals surface area contributed by atoms with Crippen LogP contribution >= 0.6 is 11.6 Å². The first-order valence-corrected chi connectivity index (χ1v) is 12.2. The highest BCUT2D eigenvalue weighted by Crippen LogP contribution is 2.52. The van der Waals surface area contributed by atoms with Crippen LogP contribution < -0.4 is 19.7 Å². The summed E-state index contributed by atoms with van der Waals surface area (Å²) in [4.78, 5) is 14.9. The maximum atomic E-state index is 12.6. The summed E-state index contributed by atoms with van der Waals surface area (Å²) < 4.78 is 11.6. The average molecular weight is 489 g/mol. The first-order chi connectivity index (χ1) is 16.9. The van der Waals surface area contributed by atoms with Crippen molar-refractivity contribution in [2.45, 2.75) is 38.0 Å². The predicted octanol–water partition coefficient (Wildman–Crippen LogP) is 5.95. The standard InChI is InChI=1S/C29H29ClN2O3/c1-28(2)22-9-5-7-11-24(22)32-17-15-27(33)31-29(28,32)16-14-20-12-13-25(26(18-20)34-3)35-19-21-8-4-6-10-23(21)30/h4-14,16,18H,15,17,19H2,1-3H3,(H,31,33)/b16-14+. The van der Waals surface area contributed by atoms with Gasteiger partial charge in [-0.15, -0.1) is 0 Å². The van der Waals surface area contributed by atoms with Crippen LogP contribution in [0.4, 0.5) is 5.69 Å². The molecule has 3 aromatic rings. The zero-order chi connectivity index (χ0) is 24.6. The number of nitrogens with one attached hydrogen (secondary N) is 1. The van der Waals surface area contributed by atoms with Gasteiger partial charge in [0, 0.05) is 34.7 Å². The molecule has 1 amide bonds. The summed E-state index contributed by atoms with van der Waals surface area (Å²) >= 11 is 6.26. The molecule has 1 atom stereocenters. The summed E-state index contributed by atoms with van der Waals surface area (Å²) in [7, 11) is 1.63. The molecule has 180 valence electrons. The van der Waals surface area contributed by atoms with Gasteiger partial charge in [-0.2, -0.15) is 0 Å². The van der Waals surface area contributed by atoms with Gasteiger partial charge in [-0.25, -0.2) is 0 Å². The molecule has 0 aliphatic carbocycles. The number of halogens is 1. The highest BCUT2D eigenvalue weighted by Gasteiger charge is 2.57. The van der Waals surface area contributed by atoms with Crippen molar-refractivity contribution in [1.82, 2.24) is 5.32 Å². The Balaban J connectivity index is 1.44. The fourth-order valence-corrected chi connectivity index (χ4v) is 5.40. The molecule has 5 nitrogen and oxygen atoms in total. The zero-order valence-electron chi connectivity index (χ0n) is 20.2. The number of amides is 1. The van der Waals surface area contributed by atoms with E-state index in [0.717, 1.165) is 11.1 Å². The van der Waals surface area contributed by atoms with Crippen LogP contribution in [0.1, 0.15) is 37.0 Å². The van der Waals surface area contributed by atoms with E-state index >= 15 is 0 Å². The third-order valence-corrected chi connectivity index (χ3v) is 7.55. The van der Waals surface area contributed by atoms with Crippen molar-refractivity contribution in [3.8, 4) is 11.5 Å². The molecule has 1 fully saturated rings. The molecule has 6 heteroatoms. The predicted molar refractivity (Wildman–Crippen MR) is 140 cm³/mol. The Labute approximate surface area is 211 Å². The Kier molecular flexibility index (Phi) is 5.97. The molecule has 0 bridgehead atoms. The zero-order valence-corrected chi connectivity index (χ0v) is 20.9. The Hall–Kier alpha value is -3.44. The molecule has 0 aromatic heterocycles. The first-order valence-electron chi connectivity index (χ1n) is 11.8. The number of rotatable bonds is 6. The minimum Gasteiger partial charge on any atom is -0.493 e. The van der Waals surface area contributed by atoms with Crippen molar-refractivity contribution in [3.63, 3.8) is 0 Å². The van der Waals surface area contributed by atoms with E-state index in [-0.39, 0.29) is 11.3 Å². The molecule has 0 saturated carbocycles. The maximum Gasteiger partial charge on any atom is 0.223 e. The van der Waals surface area contributed by atoms with E-state index in [9.17, 15) is 4.79 Å². The smallest absolute Gasteiger partial charge is 0.223 e. The van der Waals surface area contributed by atoms with Gasteiger partial charge in [0.25, 0.3) is 0 Å². The maximum absolute atomic E-state index is 12.6. The van der Waals surface area contributed by atoms with E-state index in [0.29, 0.717) is 36.1 Å². The summed E-state index contributed by atoms with van der Waals surface area (Å²) in [6, 6.07) is 21.9. The molecule has 1 saturated heterocycles. The normalized spacial score (nSPS) is 20.3. The molecule has 1 N–H and O–H groups in total. The summed E-state index contributed by atoms with van der Waals surface area (Å²) in [5.74, 6) is 1.34. The minimum atomic E-state index is -0.654. The SMILES string of the molecule is COc1cc(/C=C/C23NC(=O)CCN2c2ccccc2C3(C)C)ccc1OCc1ccccc1Cl. The minimum absolute atomic E-state index is 0.0627.